The summed E-state index contributed by atoms with van der Waals surface area (Å²) < 4.78 is 4.96. The number of carbonyl (C=O) groups is 2. The molecular weight excluding hydrogens is 520 g/mol. The fourth-order valence-corrected chi connectivity index (χ4v) is 6.11. The van der Waals surface area contributed by atoms with Crippen LogP contribution >= 0.6 is 12.2 Å². The summed E-state index contributed by atoms with van der Waals surface area (Å²) in [6.07, 6.45) is 3.59. The maximum Gasteiger partial charge on any atom is 0.337 e. The van der Waals surface area contributed by atoms with Crippen LogP contribution in [0.15, 0.2) is 78.9 Å². The number of rotatable bonds is 7. The number of nitrogens with one attached hydrogen (secondary N) is 2. The number of esters is 1. The number of benzene rings is 3. The van der Waals surface area contributed by atoms with Crippen molar-refractivity contribution < 1.29 is 14.3 Å². The van der Waals surface area contributed by atoms with E-state index in [4.69, 9.17) is 17.0 Å². The predicted molar refractivity (Wildman–Crippen MR) is 163 cm³/mol. The number of hydrogen-bond donors (Lipinski definition) is 2. The van der Waals surface area contributed by atoms with Crippen LogP contribution in [-0.4, -0.2) is 55.2 Å². The van der Waals surface area contributed by atoms with E-state index in [1.54, 1.807) is 12.1 Å². The molecule has 1 aliphatic carbocycles. The molecule has 0 aromatic heterocycles. The maximum absolute atomic E-state index is 13.6. The molecule has 0 radical (unpaired) electrons. The lowest BCUT2D eigenvalue weighted by atomic mass is 9.78. The Hall–Kier alpha value is -3.75. The predicted octanol–water partition coefficient (Wildman–Crippen LogP) is 5.12. The highest BCUT2D eigenvalue weighted by atomic mass is 32.1. The molecule has 1 amide bonds. The van der Waals surface area contributed by atoms with Gasteiger partial charge in [-0.15, -0.1) is 0 Å². The molecule has 1 aliphatic heterocycles. The number of amides is 1. The molecule has 1 saturated heterocycles. The monoisotopic (exact) mass is 556 g/mol. The van der Waals surface area contributed by atoms with Gasteiger partial charge in [0, 0.05) is 32.7 Å². The smallest absolute Gasteiger partial charge is 0.337 e. The van der Waals surface area contributed by atoms with Gasteiger partial charge in [0.2, 0.25) is 5.91 Å². The van der Waals surface area contributed by atoms with Crippen molar-refractivity contribution in [3.05, 3.63) is 95.6 Å². The van der Waals surface area contributed by atoms with Crippen LogP contribution in [0.2, 0.25) is 0 Å². The van der Waals surface area contributed by atoms with E-state index in [1.807, 2.05) is 42.5 Å². The highest BCUT2D eigenvalue weighted by Crippen LogP contribution is 2.41. The standard InChI is InChI=1S/C32H36N4O3S/c1-39-29(37)25-14-15-28(36-20-18-35(19-21-36)23-24-10-4-2-5-11-24)27(22-25)33-31(40)34-30(38)32(16-8-9-17-32)26-12-6-3-7-13-26/h2-7,10-15,22H,8-9,16-21,23H2,1H3,(H2,33,34,38,40). The minimum absolute atomic E-state index is 0.0890. The lowest BCUT2D eigenvalue weighted by Crippen LogP contribution is -2.47. The fraction of sp³-hybridized carbons (Fsp3) is 0.344. The van der Waals surface area contributed by atoms with Crippen LogP contribution in [0, 0.1) is 0 Å². The van der Waals surface area contributed by atoms with Crippen molar-refractivity contribution in [1.82, 2.24) is 10.2 Å². The van der Waals surface area contributed by atoms with Gasteiger partial charge in [0.05, 0.1) is 29.5 Å². The number of ether oxygens (including phenoxy) is 1. The van der Waals surface area contributed by atoms with E-state index >= 15 is 0 Å². The zero-order valence-corrected chi connectivity index (χ0v) is 23.7. The van der Waals surface area contributed by atoms with Crippen molar-refractivity contribution in [2.75, 3.05) is 43.5 Å². The number of piperazine rings is 1. The second kappa shape index (κ2) is 12.6. The zero-order chi connectivity index (χ0) is 28.0. The van der Waals surface area contributed by atoms with Crippen LogP contribution in [0.1, 0.15) is 47.2 Å². The molecule has 40 heavy (non-hydrogen) atoms. The number of anilines is 2. The van der Waals surface area contributed by atoms with Crippen molar-refractivity contribution in [2.45, 2.75) is 37.6 Å². The molecule has 0 spiro atoms. The van der Waals surface area contributed by atoms with Crippen LogP contribution in [0.25, 0.3) is 0 Å². The zero-order valence-electron chi connectivity index (χ0n) is 22.9. The molecule has 3 aromatic rings. The third-order valence-corrected chi connectivity index (χ3v) is 8.28. The first kappa shape index (κ1) is 27.8. The Morgan fingerprint density at radius 3 is 2.20 bits per heavy atom. The van der Waals surface area contributed by atoms with Gasteiger partial charge in [-0.25, -0.2) is 4.79 Å². The number of methoxy groups -OCH3 is 1. The first-order chi connectivity index (χ1) is 19.5. The van der Waals surface area contributed by atoms with Gasteiger partial charge in [0.15, 0.2) is 5.11 Å². The molecule has 7 nitrogen and oxygen atoms in total. The molecule has 1 heterocycles. The molecule has 8 heteroatoms. The van der Waals surface area contributed by atoms with E-state index in [0.29, 0.717) is 11.3 Å². The van der Waals surface area contributed by atoms with Gasteiger partial charge in [-0.3, -0.25) is 9.69 Å². The topological polar surface area (TPSA) is 73.9 Å². The Balaban J connectivity index is 1.30. The third-order valence-electron chi connectivity index (χ3n) is 8.07. The van der Waals surface area contributed by atoms with Crippen LogP contribution in [0.4, 0.5) is 11.4 Å². The third kappa shape index (κ3) is 6.18. The molecule has 3 aromatic carbocycles. The molecule has 0 unspecified atom stereocenters. The molecule has 2 fully saturated rings. The van der Waals surface area contributed by atoms with Crippen molar-refractivity contribution in [1.29, 1.82) is 0 Å². The van der Waals surface area contributed by atoms with Crippen LogP contribution < -0.4 is 15.5 Å². The fourth-order valence-electron chi connectivity index (χ4n) is 5.90. The number of thiocarbonyl (C=S) groups is 1. The first-order valence-electron chi connectivity index (χ1n) is 13.9. The Morgan fingerprint density at radius 2 is 1.55 bits per heavy atom. The summed E-state index contributed by atoms with van der Waals surface area (Å²) in [4.78, 5) is 30.7. The van der Waals surface area contributed by atoms with Crippen LogP contribution in [0.5, 0.6) is 0 Å². The maximum atomic E-state index is 13.6. The number of hydrogen-bond acceptors (Lipinski definition) is 6. The minimum Gasteiger partial charge on any atom is -0.465 e. The van der Waals surface area contributed by atoms with E-state index in [2.05, 4.69) is 44.7 Å². The normalized spacial score (nSPS) is 16.8. The number of carbonyl (C=O) groups excluding carboxylic acids is 2. The first-order valence-corrected chi connectivity index (χ1v) is 14.3. The average Bonchev–Trinajstić information content (AvgIpc) is 3.50. The largest absolute Gasteiger partial charge is 0.465 e. The SMILES string of the molecule is COC(=O)c1ccc(N2CCN(Cc3ccccc3)CC2)c(NC(=S)NC(=O)C2(c3ccccc3)CCCC2)c1. The van der Waals surface area contributed by atoms with E-state index in [-0.39, 0.29) is 11.0 Å². The molecule has 5 rings (SSSR count). The Bertz CT molecular complexity index is 1330. The quantitative estimate of drug-likeness (QED) is 0.309. The van der Waals surface area contributed by atoms with Gasteiger partial charge in [0.1, 0.15) is 0 Å². The van der Waals surface area contributed by atoms with E-state index in [0.717, 1.165) is 69.7 Å². The molecule has 2 aliphatic rings. The van der Waals surface area contributed by atoms with Gasteiger partial charge in [-0.2, -0.15) is 0 Å². The van der Waals surface area contributed by atoms with E-state index < -0.39 is 11.4 Å². The second-order valence-corrected chi connectivity index (χ2v) is 10.9. The molecular formula is C32H36N4O3S. The van der Waals surface area contributed by atoms with Gasteiger partial charge in [0.25, 0.3) is 0 Å². The minimum atomic E-state index is -0.585. The van der Waals surface area contributed by atoms with Crippen LogP contribution in [-0.2, 0) is 21.5 Å². The second-order valence-electron chi connectivity index (χ2n) is 10.5. The van der Waals surface area contributed by atoms with Gasteiger partial charge in [-0.1, -0.05) is 73.5 Å². The average molecular weight is 557 g/mol. The summed E-state index contributed by atoms with van der Waals surface area (Å²) in [6, 6.07) is 25.9. The summed E-state index contributed by atoms with van der Waals surface area (Å²) in [5.41, 5.74) is 3.76. The molecule has 208 valence electrons. The Morgan fingerprint density at radius 1 is 0.900 bits per heavy atom. The summed E-state index contributed by atoms with van der Waals surface area (Å²) >= 11 is 5.65. The summed E-state index contributed by atoms with van der Waals surface area (Å²) in [7, 11) is 1.37. The Kier molecular flexibility index (Phi) is 8.77. The van der Waals surface area contributed by atoms with Gasteiger partial charge >= 0.3 is 5.97 Å². The summed E-state index contributed by atoms with van der Waals surface area (Å²) in [6.45, 7) is 4.40. The lowest BCUT2D eigenvalue weighted by molar-refractivity contribution is -0.125. The van der Waals surface area contributed by atoms with Crippen molar-refractivity contribution in [3.8, 4) is 0 Å². The van der Waals surface area contributed by atoms with Gasteiger partial charge < -0.3 is 20.3 Å². The Labute approximate surface area is 241 Å². The summed E-state index contributed by atoms with van der Waals surface area (Å²) in [5.74, 6) is -0.514. The van der Waals surface area contributed by atoms with Crippen molar-refractivity contribution in [2.24, 2.45) is 0 Å². The van der Waals surface area contributed by atoms with Crippen LogP contribution in [0.3, 0.4) is 0 Å². The molecule has 0 bridgehead atoms. The van der Waals surface area contributed by atoms with Crippen molar-refractivity contribution >= 4 is 40.6 Å². The summed E-state index contributed by atoms with van der Waals surface area (Å²) in [5, 5.41) is 6.43. The van der Waals surface area contributed by atoms with E-state index in [9.17, 15) is 9.59 Å². The highest BCUT2D eigenvalue weighted by Gasteiger charge is 2.42. The van der Waals surface area contributed by atoms with E-state index in [1.165, 1.54) is 12.7 Å². The molecule has 0 atom stereocenters. The highest BCUT2D eigenvalue weighted by molar-refractivity contribution is 7.80. The molecule has 1 saturated carbocycles. The number of nitrogens with zero attached hydrogens (tertiary/aromatic N) is 2. The molecule has 2 N–H and O–H groups in total. The van der Waals surface area contributed by atoms with Gasteiger partial charge in [-0.05, 0) is 54.4 Å². The lowest BCUT2D eigenvalue weighted by Gasteiger charge is -2.37. The van der Waals surface area contributed by atoms with Crippen molar-refractivity contribution in [3.63, 3.8) is 0 Å².